The summed E-state index contributed by atoms with van der Waals surface area (Å²) in [6, 6.07) is 6.01. The van der Waals surface area contributed by atoms with Crippen molar-refractivity contribution in [2.45, 2.75) is 25.5 Å². The molecule has 6 nitrogen and oxygen atoms in total. The number of β-amino-alcohol motifs (C(OH)–C–C–N with tert-alkyl or cyclic N) is 1. The van der Waals surface area contributed by atoms with Crippen molar-refractivity contribution >= 4 is 11.8 Å². The maximum atomic E-state index is 10.3. The zero-order chi connectivity index (χ0) is 19.6. The molecule has 2 aliphatic heterocycles. The van der Waals surface area contributed by atoms with E-state index in [2.05, 4.69) is 16.3 Å². The van der Waals surface area contributed by atoms with Gasteiger partial charge in [-0.2, -0.15) is 11.8 Å². The third-order valence-corrected chi connectivity index (χ3v) is 6.28. The van der Waals surface area contributed by atoms with E-state index in [0.29, 0.717) is 24.0 Å². The molecule has 0 aromatic heterocycles. The Labute approximate surface area is 172 Å². The Morgan fingerprint density at radius 2 is 2.04 bits per heavy atom. The lowest BCUT2D eigenvalue weighted by molar-refractivity contribution is 0.0662. The van der Waals surface area contributed by atoms with Gasteiger partial charge in [0.2, 0.25) is 0 Å². The molecule has 0 aliphatic carbocycles. The van der Waals surface area contributed by atoms with E-state index in [-0.39, 0.29) is 6.61 Å². The highest BCUT2D eigenvalue weighted by atomic mass is 32.2. The maximum Gasteiger partial charge on any atom is 0.161 e. The van der Waals surface area contributed by atoms with E-state index in [1.807, 2.05) is 23.9 Å². The van der Waals surface area contributed by atoms with Gasteiger partial charge in [-0.15, -0.1) is 0 Å². The number of thioether (sulfide) groups is 1. The average Bonchev–Trinajstić information content (AvgIpc) is 2.74. The Morgan fingerprint density at radius 3 is 2.79 bits per heavy atom. The standard InChI is InChI=1S/C21H34N2O4S/c1-25-21-12-18(14-22-13-17-4-8-26-9-5-17)2-3-20(21)27-16-19(24)15-23-6-10-28-11-7-23/h2-3,12,17,19,22,24H,4-11,13-16H2,1H3/t19-/m1/s1. The van der Waals surface area contributed by atoms with Crippen molar-refractivity contribution in [2.24, 2.45) is 5.92 Å². The van der Waals surface area contributed by atoms with Crippen LogP contribution in [0, 0.1) is 5.92 Å². The first kappa shape index (κ1) is 21.7. The van der Waals surface area contributed by atoms with Crippen LogP contribution in [-0.2, 0) is 11.3 Å². The molecule has 28 heavy (non-hydrogen) atoms. The molecule has 2 heterocycles. The molecule has 2 N–H and O–H groups in total. The van der Waals surface area contributed by atoms with Gasteiger partial charge in [-0.25, -0.2) is 0 Å². The van der Waals surface area contributed by atoms with Crippen LogP contribution >= 0.6 is 11.8 Å². The Morgan fingerprint density at radius 1 is 1.25 bits per heavy atom. The Hall–Kier alpha value is -0.990. The second kappa shape index (κ2) is 11.9. The fourth-order valence-electron chi connectivity index (χ4n) is 3.63. The molecule has 2 aliphatic rings. The topological polar surface area (TPSA) is 63.2 Å². The van der Waals surface area contributed by atoms with Crippen molar-refractivity contribution in [3.63, 3.8) is 0 Å². The molecular weight excluding hydrogens is 376 g/mol. The number of benzene rings is 1. The van der Waals surface area contributed by atoms with E-state index in [9.17, 15) is 5.11 Å². The van der Waals surface area contributed by atoms with Gasteiger partial charge in [0.15, 0.2) is 11.5 Å². The van der Waals surface area contributed by atoms with Gasteiger partial charge < -0.3 is 24.6 Å². The molecule has 158 valence electrons. The third kappa shape index (κ3) is 7.12. The monoisotopic (exact) mass is 410 g/mol. The first-order valence-corrected chi connectivity index (χ1v) is 11.5. The first-order chi connectivity index (χ1) is 13.7. The Balaban J connectivity index is 1.42. The minimum atomic E-state index is -0.492. The second-order valence-electron chi connectivity index (χ2n) is 7.55. The Bertz CT molecular complexity index is 578. The molecule has 3 rings (SSSR count). The molecule has 0 spiro atoms. The van der Waals surface area contributed by atoms with Crippen LogP contribution < -0.4 is 14.8 Å². The summed E-state index contributed by atoms with van der Waals surface area (Å²) in [5.41, 5.74) is 1.17. The number of aliphatic hydroxyl groups is 1. The number of aliphatic hydroxyl groups excluding tert-OH is 1. The summed E-state index contributed by atoms with van der Waals surface area (Å²) in [5, 5.41) is 13.8. The van der Waals surface area contributed by atoms with Crippen LogP contribution in [-0.4, -0.2) is 80.7 Å². The van der Waals surface area contributed by atoms with Crippen LogP contribution in [0.25, 0.3) is 0 Å². The summed E-state index contributed by atoms with van der Waals surface area (Å²) < 4.78 is 16.8. The normalized spacial score (nSPS) is 20.1. The molecule has 1 aromatic rings. The van der Waals surface area contributed by atoms with Crippen LogP contribution in [0.15, 0.2) is 18.2 Å². The summed E-state index contributed by atoms with van der Waals surface area (Å²) in [7, 11) is 1.66. The zero-order valence-corrected chi connectivity index (χ0v) is 17.7. The van der Waals surface area contributed by atoms with Crippen molar-refractivity contribution in [1.29, 1.82) is 0 Å². The molecule has 0 bridgehead atoms. The van der Waals surface area contributed by atoms with Gasteiger partial charge in [0.1, 0.15) is 12.7 Å². The molecule has 1 atom stereocenters. The van der Waals surface area contributed by atoms with Crippen molar-refractivity contribution in [2.75, 3.05) is 64.6 Å². The predicted octanol–water partition coefficient (Wildman–Crippen LogP) is 2.00. The van der Waals surface area contributed by atoms with Gasteiger partial charge in [-0.05, 0) is 43.0 Å². The molecule has 0 unspecified atom stereocenters. The zero-order valence-electron chi connectivity index (χ0n) is 16.9. The minimum absolute atomic E-state index is 0.279. The quantitative estimate of drug-likeness (QED) is 0.612. The summed E-state index contributed by atoms with van der Waals surface area (Å²) in [5.74, 6) is 4.39. The molecule has 2 saturated heterocycles. The molecule has 7 heteroatoms. The Kier molecular flexibility index (Phi) is 9.21. The van der Waals surface area contributed by atoms with Crippen LogP contribution in [0.1, 0.15) is 18.4 Å². The number of hydrogen-bond donors (Lipinski definition) is 2. The van der Waals surface area contributed by atoms with Crippen LogP contribution in [0.3, 0.4) is 0 Å². The van der Waals surface area contributed by atoms with E-state index in [4.69, 9.17) is 14.2 Å². The first-order valence-electron chi connectivity index (χ1n) is 10.3. The smallest absolute Gasteiger partial charge is 0.161 e. The minimum Gasteiger partial charge on any atom is -0.493 e. The average molecular weight is 411 g/mol. The lowest BCUT2D eigenvalue weighted by atomic mass is 10.0. The van der Waals surface area contributed by atoms with Crippen molar-refractivity contribution < 1.29 is 19.3 Å². The van der Waals surface area contributed by atoms with Crippen LogP contribution in [0.4, 0.5) is 0 Å². The summed E-state index contributed by atoms with van der Waals surface area (Å²) in [4.78, 5) is 2.30. The van der Waals surface area contributed by atoms with Gasteiger partial charge in [-0.3, -0.25) is 4.90 Å². The van der Waals surface area contributed by atoms with Gasteiger partial charge in [0.25, 0.3) is 0 Å². The SMILES string of the molecule is COc1cc(CNCC2CCOCC2)ccc1OC[C@H](O)CN1CCSCC1. The largest absolute Gasteiger partial charge is 0.493 e. The highest BCUT2D eigenvalue weighted by molar-refractivity contribution is 7.99. The highest BCUT2D eigenvalue weighted by Crippen LogP contribution is 2.28. The number of nitrogens with zero attached hydrogens (tertiary/aromatic N) is 1. The number of hydrogen-bond acceptors (Lipinski definition) is 7. The van der Waals surface area contributed by atoms with Crippen molar-refractivity contribution in [3.8, 4) is 11.5 Å². The van der Waals surface area contributed by atoms with Gasteiger partial charge in [0.05, 0.1) is 7.11 Å². The van der Waals surface area contributed by atoms with Crippen molar-refractivity contribution in [1.82, 2.24) is 10.2 Å². The molecular formula is C21H34N2O4S. The lowest BCUT2D eigenvalue weighted by Crippen LogP contribution is -2.40. The molecule has 0 saturated carbocycles. The second-order valence-corrected chi connectivity index (χ2v) is 8.77. The number of nitrogens with one attached hydrogen (secondary N) is 1. The van der Waals surface area contributed by atoms with E-state index in [1.54, 1.807) is 7.11 Å². The maximum absolute atomic E-state index is 10.3. The van der Waals surface area contributed by atoms with Crippen LogP contribution in [0.2, 0.25) is 0 Å². The number of rotatable bonds is 10. The van der Waals surface area contributed by atoms with Crippen molar-refractivity contribution in [3.05, 3.63) is 23.8 Å². The molecule has 1 aromatic carbocycles. The van der Waals surface area contributed by atoms with Crippen LogP contribution in [0.5, 0.6) is 11.5 Å². The lowest BCUT2D eigenvalue weighted by Gasteiger charge is -2.28. The summed E-state index contributed by atoms with van der Waals surface area (Å²) in [6.07, 6.45) is 1.79. The molecule has 2 fully saturated rings. The van der Waals surface area contributed by atoms with Gasteiger partial charge in [0, 0.05) is 50.9 Å². The summed E-state index contributed by atoms with van der Waals surface area (Å²) in [6.45, 7) is 6.62. The fourth-order valence-corrected chi connectivity index (χ4v) is 4.61. The van der Waals surface area contributed by atoms with E-state index in [0.717, 1.165) is 63.7 Å². The number of methoxy groups -OCH3 is 1. The highest BCUT2D eigenvalue weighted by Gasteiger charge is 2.16. The fraction of sp³-hybridized carbons (Fsp3) is 0.714. The predicted molar refractivity (Wildman–Crippen MR) is 114 cm³/mol. The van der Waals surface area contributed by atoms with E-state index >= 15 is 0 Å². The number of ether oxygens (including phenoxy) is 3. The van der Waals surface area contributed by atoms with Gasteiger partial charge in [-0.1, -0.05) is 6.07 Å². The molecule has 0 radical (unpaired) electrons. The van der Waals surface area contributed by atoms with E-state index < -0.39 is 6.10 Å². The molecule has 0 amide bonds. The third-order valence-electron chi connectivity index (χ3n) is 5.33. The van der Waals surface area contributed by atoms with Gasteiger partial charge >= 0.3 is 0 Å². The summed E-state index contributed by atoms with van der Waals surface area (Å²) >= 11 is 1.97. The van der Waals surface area contributed by atoms with E-state index in [1.165, 1.54) is 5.56 Å².